The molecule has 0 aliphatic carbocycles. The summed E-state index contributed by atoms with van der Waals surface area (Å²) in [6.45, 7) is 14.9. The summed E-state index contributed by atoms with van der Waals surface area (Å²) in [7, 11) is 0. The Labute approximate surface area is 145 Å². The van der Waals surface area contributed by atoms with Gasteiger partial charge in [-0.05, 0) is 53.1 Å². The molecule has 0 heterocycles. The van der Waals surface area contributed by atoms with E-state index in [1.165, 1.54) is 0 Å². The van der Waals surface area contributed by atoms with Crippen LogP contribution < -0.4 is 4.74 Å². The Hall–Kier alpha value is -2.09. The quantitative estimate of drug-likeness (QED) is 0.515. The lowest BCUT2D eigenvalue weighted by Crippen LogP contribution is -2.19. The molecule has 2 aromatic carbocycles. The molecule has 0 radical (unpaired) electrons. The van der Waals surface area contributed by atoms with Crippen LogP contribution in [0.25, 0.3) is 0 Å². The summed E-state index contributed by atoms with van der Waals surface area (Å²) < 4.78 is 5.55. The van der Waals surface area contributed by atoms with Crippen LogP contribution in [0.1, 0.15) is 68.6 Å². The van der Waals surface area contributed by atoms with Gasteiger partial charge in [0.25, 0.3) is 0 Å². The van der Waals surface area contributed by atoms with Crippen molar-refractivity contribution in [2.75, 3.05) is 0 Å². The second-order valence-electron chi connectivity index (χ2n) is 8.50. The maximum absolute atomic E-state index is 12.6. The fourth-order valence-corrected chi connectivity index (χ4v) is 2.38. The number of hydrogen-bond acceptors (Lipinski definition) is 2. The second kappa shape index (κ2) is 6.43. The van der Waals surface area contributed by atoms with Gasteiger partial charge in [0.1, 0.15) is 5.75 Å². The maximum Gasteiger partial charge on any atom is 0.343 e. The molecule has 0 bridgehead atoms. The highest BCUT2D eigenvalue weighted by Crippen LogP contribution is 2.30. The van der Waals surface area contributed by atoms with E-state index in [0.29, 0.717) is 11.3 Å². The van der Waals surface area contributed by atoms with Crippen LogP contribution in [-0.4, -0.2) is 5.97 Å². The van der Waals surface area contributed by atoms with E-state index in [9.17, 15) is 4.79 Å². The van der Waals surface area contributed by atoms with Gasteiger partial charge in [0, 0.05) is 0 Å². The summed E-state index contributed by atoms with van der Waals surface area (Å²) in [5, 5.41) is 0. The lowest BCUT2D eigenvalue weighted by Gasteiger charge is -2.25. The van der Waals surface area contributed by atoms with Crippen molar-refractivity contribution in [1.82, 2.24) is 0 Å². The van der Waals surface area contributed by atoms with Gasteiger partial charge < -0.3 is 4.74 Å². The average molecular weight is 324 g/mol. The molecule has 2 nitrogen and oxygen atoms in total. The van der Waals surface area contributed by atoms with Crippen molar-refractivity contribution in [2.45, 2.75) is 59.3 Å². The first-order valence-corrected chi connectivity index (χ1v) is 8.42. The molecule has 0 fully saturated rings. The van der Waals surface area contributed by atoms with Crippen LogP contribution >= 0.6 is 0 Å². The molecule has 0 amide bonds. The standard InChI is InChI=1S/C22H28O2/c1-15-8-10-19(11-9-15)24-20(23)16-12-17(21(2,3)4)14-18(13-16)22(5,6)7/h8-14H,1-7H3. The number of rotatable bonds is 2. The van der Waals surface area contributed by atoms with Crippen LogP contribution in [0, 0.1) is 6.92 Å². The lowest BCUT2D eigenvalue weighted by molar-refractivity contribution is 0.0734. The van der Waals surface area contributed by atoms with Crippen molar-refractivity contribution in [2.24, 2.45) is 0 Å². The number of carbonyl (C=O) groups excluding carboxylic acids is 1. The molecule has 0 atom stereocenters. The molecular formula is C22H28O2. The van der Waals surface area contributed by atoms with Crippen LogP contribution in [0.2, 0.25) is 0 Å². The molecule has 128 valence electrons. The zero-order valence-electron chi connectivity index (χ0n) is 15.9. The minimum absolute atomic E-state index is 0.0276. The van der Waals surface area contributed by atoms with Gasteiger partial charge >= 0.3 is 5.97 Å². The highest BCUT2D eigenvalue weighted by Gasteiger charge is 2.22. The van der Waals surface area contributed by atoms with Crippen molar-refractivity contribution >= 4 is 5.97 Å². The Kier molecular flexibility index (Phi) is 4.89. The summed E-state index contributed by atoms with van der Waals surface area (Å²) in [6, 6.07) is 13.6. The molecule has 0 aromatic heterocycles. The summed E-state index contributed by atoms with van der Waals surface area (Å²) in [6.07, 6.45) is 0. The smallest absolute Gasteiger partial charge is 0.343 e. The summed E-state index contributed by atoms with van der Waals surface area (Å²) >= 11 is 0. The van der Waals surface area contributed by atoms with Crippen molar-refractivity contribution in [3.05, 3.63) is 64.7 Å². The van der Waals surface area contributed by atoms with Gasteiger partial charge in [-0.2, -0.15) is 0 Å². The van der Waals surface area contributed by atoms with Crippen LogP contribution in [0.4, 0.5) is 0 Å². The molecule has 0 saturated carbocycles. The molecule has 0 saturated heterocycles. The largest absolute Gasteiger partial charge is 0.423 e. The van der Waals surface area contributed by atoms with Crippen LogP contribution in [0.15, 0.2) is 42.5 Å². The zero-order valence-corrected chi connectivity index (χ0v) is 15.9. The van der Waals surface area contributed by atoms with E-state index in [0.717, 1.165) is 16.7 Å². The van der Waals surface area contributed by atoms with Gasteiger partial charge in [-0.15, -0.1) is 0 Å². The monoisotopic (exact) mass is 324 g/mol. The molecule has 0 unspecified atom stereocenters. The fourth-order valence-electron chi connectivity index (χ4n) is 2.38. The first-order valence-electron chi connectivity index (χ1n) is 8.42. The molecule has 0 aliphatic rings. The lowest BCUT2D eigenvalue weighted by atomic mass is 9.79. The molecule has 2 heteroatoms. The Bertz CT molecular complexity index is 694. The number of hydrogen-bond donors (Lipinski definition) is 0. The third-order valence-corrected chi connectivity index (χ3v) is 4.13. The van der Waals surface area contributed by atoms with Crippen LogP contribution in [0.3, 0.4) is 0 Å². The van der Waals surface area contributed by atoms with E-state index in [4.69, 9.17) is 4.74 Å². The van der Waals surface area contributed by atoms with Crippen molar-refractivity contribution in [3.8, 4) is 5.75 Å². The number of aryl methyl sites for hydroxylation is 1. The minimum Gasteiger partial charge on any atom is -0.423 e. The van der Waals surface area contributed by atoms with E-state index < -0.39 is 0 Å². The summed E-state index contributed by atoms with van der Waals surface area (Å²) in [5.41, 5.74) is 3.98. The Morgan fingerprint density at radius 3 is 1.67 bits per heavy atom. The van der Waals surface area contributed by atoms with E-state index in [-0.39, 0.29) is 16.8 Å². The minimum atomic E-state index is -0.310. The predicted octanol–water partition coefficient (Wildman–Crippen LogP) is 5.81. The first-order chi connectivity index (χ1) is 11.0. The summed E-state index contributed by atoms with van der Waals surface area (Å²) in [5.74, 6) is 0.263. The Morgan fingerprint density at radius 2 is 1.25 bits per heavy atom. The average Bonchev–Trinajstić information content (AvgIpc) is 2.47. The van der Waals surface area contributed by atoms with Gasteiger partial charge in [-0.1, -0.05) is 65.3 Å². The maximum atomic E-state index is 12.6. The van der Waals surface area contributed by atoms with Crippen LogP contribution in [0.5, 0.6) is 5.75 Å². The zero-order chi connectivity index (χ0) is 18.1. The van der Waals surface area contributed by atoms with Gasteiger partial charge in [-0.3, -0.25) is 0 Å². The van der Waals surface area contributed by atoms with Crippen molar-refractivity contribution < 1.29 is 9.53 Å². The third-order valence-electron chi connectivity index (χ3n) is 4.13. The van der Waals surface area contributed by atoms with Gasteiger partial charge in [0.15, 0.2) is 0 Å². The number of benzene rings is 2. The number of carbonyl (C=O) groups is 1. The molecular weight excluding hydrogens is 296 g/mol. The first kappa shape index (κ1) is 18.3. The molecule has 2 rings (SSSR count). The van der Waals surface area contributed by atoms with E-state index in [1.807, 2.05) is 43.3 Å². The Morgan fingerprint density at radius 1 is 0.792 bits per heavy atom. The molecule has 0 spiro atoms. The van der Waals surface area contributed by atoms with Gasteiger partial charge in [-0.25, -0.2) is 4.79 Å². The molecule has 24 heavy (non-hydrogen) atoms. The van der Waals surface area contributed by atoms with E-state index in [1.54, 1.807) is 0 Å². The fraction of sp³-hybridized carbons (Fsp3) is 0.409. The third kappa shape index (κ3) is 4.47. The topological polar surface area (TPSA) is 26.3 Å². The highest BCUT2D eigenvalue weighted by molar-refractivity contribution is 5.91. The second-order valence-corrected chi connectivity index (χ2v) is 8.50. The SMILES string of the molecule is Cc1ccc(OC(=O)c2cc(C(C)(C)C)cc(C(C)(C)C)c2)cc1. The Balaban J connectivity index is 2.40. The number of esters is 1. The van der Waals surface area contributed by atoms with Crippen molar-refractivity contribution in [3.63, 3.8) is 0 Å². The molecule has 0 N–H and O–H groups in total. The van der Waals surface area contributed by atoms with E-state index >= 15 is 0 Å². The highest BCUT2D eigenvalue weighted by atomic mass is 16.5. The van der Waals surface area contributed by atoms with E-state index in [2.05, 4.69) is 47.6 Å². The molecule has 0 aliphatic heterocycles. The van der Waals surface area contributed by atoms with Gasteiger partial charge in [0.05, 0.1) is 5.56 Å². The molecule has 2 aromatic rings. The van der Waals surface area contributed by atoms with Crippen LogP contribution in [-0.2, 0) is 10.8 Å². The van der Waals surface area contributed by atoms with Gasteiger partial charge in [0.2, 0.25) is 0 Å². The number of ether oxygens (including phenoxy) is 1. The summed E-state index contributed by atoms with van der Waals surface area (Å²) in [4.78, 5) is 12.6. The predicted molar refractivity (Wildman–Crippen MR) is 100.0 cm³/mol. The normalized spacial score (nSPS) is 12.1. The van der Waals surface area contributed by atoms with Crippen molar-refractivity contribution in [1.29, 1.82) is 0 Å².